The number of benzene rings is 1. The van der Waals surface area contributed by atoms with E-state index in [0.29, 0.717) is 17.3 Å². The summed E-state index contributed by atoms with van der Waals surface area (Å²) < 4.78 is 13.7. The molecule has 2 aromatic rings. The first-order valence-corrected chi connectivity index (χ1v) is 6.13. The average Bonchev–Trinajstić information content (AvgIpc) is 2.33. The lowest BCUT2D eigenvalue weighted by Gasteiger charge is -2.10. The van der Waals surface area contributed by atoms with Crippen LogP contribution in [0.5, 0.6) is 0 Å². The van der Waals surface area contributed by atoms with E-state index >= 15 is 0 Å². The number of hydrogen-bond donors (Lipinski definition) is 1. The second kappa shape index (κ2) is 5.55. The minimum atomic E-state index is -0.397. The van der Waals surface area contributed by atoms with E-state index in [0.717, 1.165) is 11.4 Å². The summed E-state index contributed by atoms with van der Waals surface area (Å²) in [6, 6.07) is 8.43. The van der Waals surface area contributed by atoms with Gasteiger partial charge >= 0.3 is 0 Å². The van der Waals surface area contributed by atoms with Gasteiger partial charge in [-0.15, -0.1) is 0 Å². The van der Waals surface area contributed by atoms with Gasteiger partial charge in [-0.3, -0.25) is 0 Å². The Morgan fingerprint density at radius 3 is 2.72 bits per heavy atom. The Hall–Kier alpha value is -1.32. The molecule has 1 aromatic heterocycles. The van der Waals surface area contributed by atoms with Crippen molar-refractivity contribution in [1.29, 1.82) is 0 Å². The molecule has 2 nitrogen and oxygen atoms in total. The van der Waals surface area contributed by atoms with Crippen molar-refractivity contribution in [3.05, 3.63) is 57.6 Å². The molecule has 1 aromatic carbocycles. The molecule has 1 heterocycles. The molecule has 0 aliphatic rings. The number of pyridine rings is 1. The Balaban J connectivity index is 2.14. The molecule has 0 spiro atoms. The molecule has 0 aliphatic heterocycles. The van der Waals surface area contributed by atoms with E-state index in [1.807, 2.05) is 13.0 Å². The van der Waals surface area contributed by atoms with Gasteiger partial charge < -0.3 is 5.32 Å². The van der Waals surface area contributed by atoms with E-state index in [-0.39, 0.29) is 5.02 Å². The first-order chi connectivity index (χ1) is 8.58. The fraction of sp³-hybridized carbons (Fsp3) is 0.154. The molecule has 0 aliphatic carbocycles. The average molecular weight is 285 g/mol. The Morgan fingerprint density at radius 2 is 2.00 bits per heavy atom. The van der Waals surface area contributed by atoms with Gasteiger partial charge in [-0.2, -0.15) is 0 Å². The summed E-state index contributed by atoms with van der Waals surface area (Å²) in [5, 5.41) is 3.67. The Morgan fingerprint density at radius 1 is 1.22 bits per heavy atom. The van der Waals surface area contributed by atoms with Gasteiger partial charge in [-0.25, -0.2) is 9.37 Å². The van der Waals surface area contributed by atoms with Crippen LogP contribution in [0.4, 0.5) is 10.1 Å². The molecule has 0 fully saturated rings. The molecule has 5 heteroatoms. The first kappa shape index (κ1) is 13.1. The van der Waals surface area contributed by atoms with Crippen molar-refractivity contribution in [2.75, 3.05) is 5.32 Å². The van der Waals surface area contributed by atoms with Gasteiger partial charge in [-0.05, 0) is 25.1 Å². The molecular weight excluding hydrogens is 274 g/mol. The van der Waals surface area contributed by atoms with Crippen LogP contribution < -0.4 is 5.32 Å². The maximum Gasteiger partial charge on any atom is 0.146 e. The number of nitrogens with one attached hydrogen (secondary N) is 1. The maximum absolute atomic E-state index is 13.7. The second-order valence-electron chi connectivity index (χ2n) is 3.83. The van der Waals surface area contributed by atoms with Gasteiger partial charge in [0.15, 0.2) is 0 Å². The molecule has 0 amide bonds. The molecule has 0 atom stereocenters. The first-order valence-electron chi connectivity index (χ1n) is 5.38. The van der Waals surface area contributed by atoms with Crippen LogP contribution in [-0.2, 0) is 6.54 Å². The minimum absolute atomic E-state index is 0.125. The molecule has 2 rings (SSSR count). The molecule has 0 saturated carbocycles. The Labute approximate surface area is 115 Å². The van der Waals surface area contributed by atoms with E-state index in [1.165, 1.54) is 6.07 Å². The van der Waals surface area contributed by atoms with Crippen LogP contribution >= 0.6 is 23.2 Å². The van der Waals surface area contributed by atoms with Gasteiger partial charge in [-0.1, -0.05) is 35.3 Å². The van der Waals surface area contributed by atoms with Crippen molar-refractivity contribution in [1.82, 2.24) is 4.98 Å². The topological polar surface area (TPSA) is 24.9 Å². The lowest BCUT2D eigenvalue weighted by atomic mass is 10.2. The van der Waals surface area contributed by atoms with Crippen molar-refractivity contribution in [2.45, 2.75) is 13.5 Å². The highest BCUT2D eigenvalue weighted by atomic mass is 35.5. The largest absolute Gasteiger partial charge is 0.379 e. The van der Waals surface area contributed by atoms with Crippen molar-refractivity contribution >= 4 is 28.9 Å². The minimum Gasteiger partial charge on any atom is -0.379 e. The van der Waals surface area contributed by atoms with Crippen LogP contribution in [0, 0.1) is 12.7 Å². The summed E-state index contributed by atoms with van der Waals surface area (Å²) in [6.45, 7) is 2.18. The molecule has 94 valence electrons. The fourth-order valence-electron chi connectivity index (χ4n) is 1.59. The lowest BCUT2D eigenvalue weighted by Crippen LogP contribution is -2.04. The van der Waals surface area contributed by atoms with Gasteiger partial charge in [0.2, 0.25) is 0 Å². The van der Waals surface area contributed by atoms with Crippen molar-refractivity contribution in [2.24, 2.45) is 0 Å². The highest BCUT2D eigenvalue weighted by molar-refractivity contribution is 6.30. The lowest BCUT2D eigenvalue weighted by molar-refractivity contribution is 0.613. The van der Waals surface area contributed by atoms with Crippen molar-refractivity contribution in [3.63, 3.8) is 0 Å². The van der Waals surface area contributed by atoms with Crippen LogP contribution in [0.1, 0.15) is 11.3 Å². The molecule has 1 N–H and O–H groups in total. The Kier molecular flexibility index (Phi) is 4.04. The van der Waals surface area contributed by atoms with Crippen molar-refractivity contribution < 1.29 is 4.39 Å². The van der Waals surface area contributed by atoms with Gasteiger partial charge in [0.1, 0.15) is 11.0 Å². The zero-order valence-electron chi connectivity index (χ0n) is 9.67. The Bertz CT molecular complexity index is 573. The molecular formula is C13H11Cl2FN2. The van der Waals surface area contributed by atoms with Gasteiger partial charge in [0.25, 0.3) is 0 Å². The number of aryl methyl sites for hydroxylation is 1. The molecule has 0 radical (unpaired) electrons. The third-order valence-electron chi connectivity index (χ3n) is 2.55. The standard InChI is InChI=1S/C13H11Cl2FN2/c1-8-11(5-6-12(15)18-8)17-7-9-3-2-4-10(14)13(9)16/h2-6,17H,7H2,1H3. The van der Waals surface area contributed by atoms with Crippen LogP contribution in [0.3, 0.4) is 0 Å². The van der Waals surface area contributed by atoms with E-state index < -0.39 is 5.82 Å². The van der Waals surface area contributed by atoms with E-state index in [4.69, 9.17) is 23.2 Å². The maximum atomic E-state index is 13.7. The molecule has 0 bridgehead atoms. The predicted molar refractivity (Wildman–Crippen MR) is 72.7 cm³/mol. The normalized spacial score (nSPS) is 10.4. The summed E-state index contributed by atoms with van der Waals surface area (Å²) in [5.74, 6) is -0.397. The predicted octanol–water partition coefficient (Wildman–Crippen LogP) is 4.45. The highest BCUT2D eigenvalue weighted by Crippen LogP contribution is 2.20. The third kappa shape index (κ3) is 2.92. The van der Waals surface area contributed by atoms with Crippen LogP contribution in [0.2, 0.25) is 10.2 Å². The highest BCUT2D eigenvalue weighted by Gasteiger charge is 2.06. The number of aromatic nitrogens is 1. The second-order valence-corrected chi connectivity index (χ2v) is 4.63. The fourth-order valence-corrected chi connectivity index (χ4v) is 1.98. The molecule has 0 unspecified atom stereocenters. The van der Waals surface area contributed by atoms with E-state index in [1.54, 1.807) is 18.2 Å². The number of hydrogen-bond acceptors (Lipinski definition) is 2. The van der Waals surface area contributed by atoms with Crippen LogP contribution in [0.25, 0.3) is 0 Å². The quantitative estimate of drug-likeness (QED) is 0.843. The third-order valence-corrected chi connectivity index (χ3v) is 3.06. The molecule has 0 saturated heterocycles. The zero-order valence-corrected chi connectivity index (χ0v) is 11.2. The summed E-state index contributed by atoms with van der Waals surface area (Å²) in [6.07, 6.45) is 0. The summed E-state index contributed by atoms with van der Waals surface area (Å²) in [4.78, 5) is 4.11. The van der Waals surface area contributed by atoms with Gasteiger partial charge in [0, 0.05) is 12.1 Å². The van der Waals surface area contributed by atoms with E-state index in [2.05, 4.69) is 10.3 Å². The summed E-state index contributed by atoms with van der Waals surface area (Å²) in [5.41, 5.74) is 2.10. The van der Waals surface area contributed by atoms with Crippen LogP contribution in [-0.4, -0.2) is 4.98 Å². The number of nitrogens with zero attached hydrogens (tertiary/aromatic N) is 1. The van der Waals surface area contributed by atoms with E-state index in [9.17, 15) is 4.39 Å². The zero-order chi connectivity index (χ0) is 13.1. The monoisotopic (exact) mass is 284 g/mol. The van der Waals surface area contributed by atoms with Crippen LogP contribution in [0.15, 0.2) is 30.3 Å². The smallest absolute Gasteiger partial charge is 0.146 e. The van der Waals surface area contributed by atoms with Gasteiger partial charge in [0.05, 0.1) is 16.4 Å². The van der Waals surface area contributed by atoms with Crippen molar-refractivity contribution in [3.8, 4) is 0 Å². The number of halogens is 3. The number of anilines is 1. The number of rotatable bonds is 3. The SMILES string of the molecule is Cc1nc(Cl)ccc1NCc1cccc(Cl)c1F. The molecule has 18 heavy (non-hydrogen) atoms. The summed E-state index contributed by atoms with van der Waals surface area (Å²) in [7, 11) is 0. The summed E-state index contributed by atoms with van der Waals surface area (Å²) >= 11 is 11.5.